The number of rotatable bonds is 6. The van der Waals surface area contributed by atoms with Crippen molar-refractivity contribution in [3.63, 3.8) is 0 Å². The van der Waals surface area contributed by atoms with Gasteiger partial charge in [-0.3, -0.25) is 25.2 Å². The molecule has 2 amide bonds. The van der Waals surface area contributed by atoms with Gasteiger partial charge >= 0.3 is 0 Å². The summed E-state index contributed by atoms with van der Waals surface area (Å²) >= 11 is 0. The molecule has 2 heterocycles. The van der Waals surface area contributed by atoms with Crippen LogP contribution in [0.3, 0.4) is 0 Å². The van der Waals surface area contributed by atoms with E-state index in [9.17, 15) is 18.8 Å². The summed E-state index contributed by atoms with van der Waals surface area (Å²) in [7, 11) is 0. The molecule has 32 heavy (non-hydrogen) atoms. The van der Waals surface area contributed by atoms with Crippen LogP contribution in [-0.2, 0) is 6.54 Å². The number of hydrazine groups is 1. The predicted octanol–water partition coefficient (Wildman–Crippen LogP) is 3.28. The second-order valence-corrected chi connectivity index (χ2v) is 7.42. The van der Waals surface area contributed by atoms with E-state index in [0.717, 1.165) is 19.3 Å². The van der Waals surface area contributed by atoms with E-state index >= 15 is 0 Å². The molecule has 0 aliphatic carbocycles. The van der Waals surface area contributed by atoms with Crippen molar-refractivity contribution >= 4 is 33.5 Å². The molecule has 0 atom stereocenters. The number of fused-ring (bicyclic) bond motifs is 2. The van der Waals surface area contributed by atoms with Crippen molar-refractivity contribution in [2.24, 2.45) is 0 Å². The maximum absolute atomic E-state index is 13.9. The van der Waals surface area contributed by atoms with Gasteiger partial charge < -0.3 is 4.98 Å². The first-order chi connectivity index (χ1) is 15.5. The van der Waals surface area contributed by atoms with Crippen molar-refractivity contribution in [2.75, 3.05) is 0 Å². The van der Waals surface area contributed by atoms with Gasteiger partial charge in [0.05, 0.1) is 5.39 Å². The molecule has 4 aromatic rings. The lowest BCUT2D eigenvalue weighted by atomic mass is 10.1. The molecular weight excluding hydrogens is 413 g/mol. The molecule has 8 nitrogen and oxygen atoms in total. The van der Waals surface area contributed by atoms with Crippen LogP contribution >= 0.6 is 0 Å². The second kappa shape index (κ2) is 9.01. The van der Waals surface area contributed by atoms with Crippen LogP contribution in [0.4, 0.5) is 4.39 Å². The third kappa shape index (κ3) is 4.09. The molecule has 0 spiro atoms. The highest BCUT2D eigenvalue weighted by atomic mass is 19.1. The summed E-state index contributed by atoms with van der Waals surface area (Å²) in [6.07, 6.45) is 2.68. The quantitative estimate of drug-likeness (QED) is 0.319. The Kier molecular flexibility index (Phi) is 5.98. The monoisotopic (exact) mass is 435 g/mol. The average Bonchev–Trinajstić information content (AvgIpc) is 3.25. The number of aromatic nitrogens is 3. The number of hydrogen-bond donors (Lipinski definition) is 3. The average molecular weight is 435 g/mol. The van der Waals surface area contributed by atoms with Crippen LogP contribution in [0.25, 0.3) is 21.7 Å². The Hall–Kier alpha value is -4.01. The zero-order valence-corrected chi connectivity index (χ0v) is 17.4. The van der Waals surface area contributed by atoms with E-state index in [1.54, 1.807) is 30.3 Å². The van der Waals surface area contributed by atoms with E-state index in [2.05, 4.69) is 27.9 Å². The van der Waals surface area contributed by atoms with Crippen LogP contribution in [0, 0.1) is 5.82 Å². The maximum atomic E-state index is 13.9. The molecule has 0 unspecified atom stereocenters. The van der Waals surface area contributed by atoms with Crippen LogP contribution < -0.4 is 16.4 Å². The molecule has 3 N–H and O–H groups in total. The Balaban J connectivity index is 1.57. The Morgan fingerprint density at radius 3 is 2.50 bits per heavy atom. The van der Waals surface area contributed by atoms with Gasteiger partial charge in [0.15, 0.2) is 5.69 Å². The molecule has 2 aromatic carbocycles. The van der Waals surface area contributed by atoms with Crippen LogP contribution in [0.5, 0.6) is 0 Å². The number of unbranched alkanes of at least 4 members (excludes halogenated alkanes) is 2. The van der Waals surface area contributed by atoms with Gasteiger partial charge in [-0.05, 0) is 30.7 Å². The van der Waals surface area contributed by atoms with Crippen molar-refractivity contribution < 1.29 is 14.0 Å². The number of nitrogens with zero attached hydrogens (tertiary/aromatic N) is 2. The fraction of sp³-hybridized carbons (Fsp3) is 0.217. The molecule has 0 saturated carbocycles. The minimum Gasteiger partial charge on any atom is -0.350 e. The van der Waals surface area contributed by atoms with Crippen molar-refractivity contribution in [3.05, 3.63) is 76.1 Å². The number of amides is 2. The normalized spacial score (nSPS) is 11.1. The SMILES string of the molecule is CCCCCn1nc(C(=O)NNC(=O)c2cc3c(F)cccc3[nH]2)c2ccccc2c1=O. The molecule has 0 aliphatic heterocycles. The first-order valence-corrected chi connectivity index (χ1v) is 10.4. The van der Waals surface area contributed by atoms with Crippen molar-refractivity contribution in [3.8, 4) is 0 Å². The molecular formula is C23H22FN5O3. The second-order valence-electron chi connectivity index (χ2n) is 7.42. The number of carbonyl (C=O) groups is 2. The summed E-state index contributed by atoms with van der Waals surface area (Å²) in [6, 6.07) is 12.5. The number of aryl methyl sites for hydroxylation is 1. The Morgan fingerprint density at radius 1 is 1.00 bits per heavy atom. The Bertz CT molecular complexity index is 1380. The van der Waals surface area contributed by atoms with Gasteiger partial charge in [-0.2, -0.15) is 5.10 Å². The smallest absolute Gasteiger partial charge is 0.290 e. The maximum Gasteiger partial charge on any atom is 0.290 e. The highest BCUT2D eigenvalue weighted by Gasteiger charge is 2.18. The lowest BCUT2D eigenvalue weighted by Gasteiger charge is -2.11. The molecule has 0 bridgehead atoms. The fourth-order valence-corrected chi connectivity index (χ4v) is 3.55. The molecule has 0 fully saturated rings. The summed E-state index contributed by atoms with van der Waals surface area (Å²) in [5, 5.41) is 5.30. The van der Waals surface area contributed by atoms with Crippen LogP contribution in [-0.4, -0.2) is 26.6 Å². The Labute approximate surface area is 182 Å². The van der Waals surface area contributed by atoms with Crippen LogP contribution in [0.2, 0.25) is 0 Å². The highest BCUT2D eigenvalue weighted by Crippen LogP contribution is 2.18. The van der Waals surface area contributed by atoms with E-state index in [1.807, 2.05) is 0 Å². The van der Waals surface area contributed by atoms with Gasteiger partial charge in [-0.1, -0.05) is 44.0 Å². The number of H-pyrrole nitrogens is 1. The first-order valence-electron chi connectivity index (χ1n) is 10.4. The number of benzene rings is 2. The molecule has 0 aliphatic rings. The van der Waals surface area contributed by atoms with E-state index in [4.69, 9.17) is 0 Å². The summed E-state index contributed by atoms with van der Waals surface area (Å²) in [5.41, 5.74) is 4.96. The highest BCUT2D eigenvalue weighted by molar-refractivity contribution is 6.06. The fourth-order valence-electron chi connectivity index (χ4n) is 3.55. The number of aromatic amines is 1. The minimum absolute atomic E-state index is 0.0275. The summed E-state index contributed by atoms with van der Waals surface area (Å²) in [5.74, 6) is -1.77. The summed E-state index contributed by atoms with van der Waals surface area (Å²) < 4.78 is 15.2. The third-order valence-electron chi connectivity index (χ3n) is 5.20. The number of nitrogens with one attached hydrogen (secondary N) is 3. The standard InChI is InChI=1S/C23H22FN5O3/c1-2-3-6-12-29-23(32)15-9-5-4-8-14(15)20(28-29)22(31)27-26-21(30)19-13-16-17(24)10-7-11-18(16)25-19/h4-5,7-11,13,25H,2-3,6,12H2,1H3,(H,26,30)(H,27,31). The Morgan fingerprint density at radius 2 is 1.75 bits per heavy atom. The van der Waals surface area contributed by atoms with Gasteiger partial charge in [0.1, 0.15) is 11.5 Å². The largest absolute Gasteiger partial charge is 0.350 e. The topological polar surface area (TPSA) is 109 Å². The molecule has 4 rings (SSSR count). The zero-order chi connectivity index (χ0) is 22.7. The lowest BCUT2D eigenvalue weighted by Crippen LogP contribution is -2.43. The summed E-state index contributed by atoms with van der Waals surface area (Å²) in [6.45, 7) is 2.45. The zero-order valence-electron chi connectivity index (χ0n) is 17.4. The molecule has 0 radical (unpaired) electrons. The van der Waals surface area contributed by atoms with E-state index in [-0.39, 0.29) is 22.3 Å². The molecule has 9 heteroatoms. The third-order valence-corrected chi connectivity index (χ3v) is 5.20. The van der Waals surface area contributed by atoms with Gasteiger partial charge in [-0.15, -0.1) is 0 Å². The molecule has 164 valence electrons. The number of halogens is 1. The van der Waals surface area contributed by atoms with Gasteiger partial charge in [0.2, 0.25) is 0 Å². The van der Waals surface area contributed by atoms with Gasteiger partial charge in [-0.25, -0.2) is 9.07 Å². The van der Waals surface area contributed by atoms with E-state index in [0.29, 0.717) is 22.8 Å². The molecule has 0 saturated heterocycles. The van der Waals surface area contributed by atoms with E-state index < -0.39 is 17.6 Å². The first kappa shape index (κ1) is 21.2. The van der Waals surface area contributed by atoms with Crippen molar-refractivity contribution in [2.45, 2.75) is 32.7 Å². The number of hydrogen-bond acceptors (Lipinski definition) is 4. The van der Waals surface area contributed by atoms with E-state index in [1.165, 1.54) is 22.9 Å². The molecule has 2 aromatic heterocycles. The van der Waals surface area contributed by atoms with Crippen molar-refractivity contribution in [1.29, 1.82) is 0 Å². The van der Waals surface area contributed by atoms with Crippen LogP contribution in [0.1, 0.15) is 47.2 Å². The van der Waals surface area contributed by atoms with Gasteiger partial charge in [0.25, 0.3) is 17.4 Å². The van der Waals surface area contributed by atoms with Crippen LogP contribution in [0.15, 0.2) is 53.3 Å². The summed E-state index contributed by atoms with van der Waals surface area (Å²) in [4.78, 5) is 40.8. The van der Waals surface area contributed by atoms with Crippen molar-refractivity contribution in [1.82, 2.24) is 25.6 Å². The number of carbonyl (C=O) groups excluding carboxylic acids is 2. The minimum atomic E-state index is -0.666. The predicted molar refractivity (Wildman–Crippen MR) is 119 cm³/mol. The van der Waals surface area contributed by atoms with Gasteiger partial charge in [0, 0.05) is 22.8 Å². The lowest BCUT2D eigenvalue weighted by molar-refractivity contribution is 0.0841.